The van der Waals surface area contributed by atoms with Gasteiger partial charge in [-0.25, -0.2) is 14.0 Å². The van der Waals surface area contributed by atoms with Gasteiger partial charge in [0.1, 0.15) is 0 Å². The van der Waals surface area contributed by atoms with Gasteiger partial charge in [-0.2, -0.15) is 0 Å². The van der Waals surface area contributed by atoms with Crippen molar-refractivity contribution in [1.82, 2.24) is 10.6 Å². The number of esters is 1. The summed E-state index contributed by atoms with van der Waals surface area (Å²) in [5.74, 6) is 1.62. The molecule has 4 saturated carbocycles. The zero-order valence-electron chi connectivity index (χ0n) is 15.2. The number of alkyl halides is 1. The summed E-state index contributed by atoms with van der Waals surface area (Å²) in [5.41, 5.74) is 0.0206. The van der Waals surface area contributed by atoms with Crippen molar-refractivity contribution >= 4 is 12.0 Å². The van der Waals surface area contributed by atoms with E-state index in [1.807, 2.05) is 0 Å². The molecule has 0 heterocycles. The molecule has 0 saturated heterocycles. The smallest absolute Gasteiger partial charge is 0.340 e. The van der Waals surface area contributed by atoms with Gasteiger partial charge >= 0.3 is 12.0 Å². The number of halogens is 1. The third-order valence-electron chi connectivity index (χ3n) is 6.13. The lowest BCUT2D eigenvalue weighted by molar-refractivity contribution is -0.149. The molecule has 4 aliphatic rings. The minimum Gasteiger partial charge on any atom is -0.464 e. The maximum Gasteiger partial charge on any atom is 0.340 e. The number of rotatable bonds is 8. The molecular formula is C19H31FN2O3. The number of hydrogen-bond donors (Lipinski definition) is 2. The van der Waals surface area contributed by atoms with E-state index < -0.39 is 12.1 Å². The molecule has 142 valence electrons. The van der Waals surface area contributed by atoms with Crippen LogP contribution in [0.5, 0.6) is 0 Å². The zero-order chi connectivity index (χ0) is 17.9. The van der Waals surface area contributed by atoms with Gasteiger partial charge in [0.25, 0.3) is 0 Å². The first-order chi connectivity index (χ1) is 12.0. The number of unbranched alkanes of at least 4 members (excludes halogenated alkanes) is 1. The van der Waals surface area contributed by atoms with Gasteiger partial charge < -0.3 is 15.4 Å². The third-order valence-corrected chi connectivity index (χ3v) is 6.13. The van der Waals surface area contributed by atoms with E-state index in [9.17, 15) is 14.0 Å². The first kappa shape index (κ1) is 18.5. The second-order valence-corrected chi connectivity index (χ2v) is 8.29. The van der Waals surface area contributed by atoms with Gasteiger partial charge in [0.05, 0.1) is 6.61 Å². The minimum atomic E-state index is -1.55. The van der Waals surface area contributed by atoms with Gasteiger partial charge in [-0.1, -0.05) is 0 Å². The Bertz CT molecular complexity index is 462. The van der Waals surface area contributed by atoms with Crippen LogP contribution in [-0.4, -0.2) is 36.9 Å². The highest BCUT2D eigenvalue weighted by molar-refractivity contribution is 5.75. The predicted octanol–water partition coefficient (Wildman–Crippen LogP) is 3.33. The van der Waals surface area contributed by atoms with Crippen LogP contribution in [0.3, 0.4) is 0 Å². The summed E-state index contributed by atoms with van der Waals surface area (Å²) in [6.45, 7) is 2.37. The lowest BCUT2D eigenvalue weighted by Gasteiger charge is -2.56. The minimum absolute atomic E-state index is 0.0206. The van der Waals surface area contributed by atoms with Crippen LogP contribution in [0.2, 0.25) is 0 Å². The van der Waals surface area contributed by atoms with E-state index in [1.165, 1.54) is 19.3 Å². The largest absolute Gasteiger partial charge is 0.464 e. The fourth-order valence-electron chi connectivity index (χ4n) is 5.55. The molecule has 6 heteroatoms. The second kappa shape index (κ2) is 7.92. The van der Waals surface area contributed by atoms with Gasteiger partial charge in [-0.05, 0) is 82.5 Å². The maximum absolute atomic E-state index is 13.5. The normalized spacial score (nSPS) is 33.8. The molecule has 2 amide bonds. The molecule has 1 atom stereocenters. The Morgan fingerprint density at radius 3 is 2.28 bits per heavy atom. The lowest BCUT2D eigenvalue weighted by Crippen LogP contribution is -2.61. The number of amides is 2. The number of ether oxygens (including phenoxy) is 1. The number of nitrogens with one attached hydrogen (secondary N) is 2. The average Bonchev–Trinajstić information content (AvgIpc) is 2.52. The van der Waals surface area contributed by atoms with E-state index >= 15 is 0 Å². The molecule has 4 aliphatic carbocycles. The number of carbonyl (C=O) groups excluding carboxylic acids is 2. The number of carbonyl (C=O) groups is 2. The highest BCUT2D eigenvalue weighted by atomic mass is 19.1. The molecule has 25 heavy (non-hydrogen) atoms. The van der Waals surface area contributed by atoms with E-state index in [0.29, 0.717) is 19.4 Å². The van der Waals surface area contributed by atoms with Crippen LogP contribution in [0, 0.1) is 17.8 Å². The van der Waals surface area contributed by atoms with Crippen molar-refractivity contribution in [3.05, 3.63) is 0 Å². The van der Waals surface area contributed by atoms with Crippen molar-refractivity contribution in [2.24, 2.45) is 17.8 Å². The Hall–Kier alpha value is -1.33. The van der Waals surface area contributed by atoms with Gasteiger partial charge in [0.2, 0.25) is 0 Å². The topological polar surface area (TPSA) is 67.4 Å². The maximum atomic E-state index is 13.5. The van der Waals surface area contributed by atoms with Crippen LogP contribution in [0.1, 0.15) is 64.7 Å². The first-order valence-corrected chi connectivity index (χ1v) is 9.86. The second-order valence-electron chi connectivity index (χ2n) is 8.29. The number of hydrogen-bond acceptors (Lipinski definition) is 3. The van der Waals surface area contributed by atoms with Crippen molar-refractivity contribution in [2.75, 3.05) is 13.2 Å². The van der Waals surface area contributed by atoms with Crippen molar-refractivity contribution in [1.29, 1.82) is 0 Å². The Morgan fingerprint density at radius 1 is 1.12 bits per heavy atom. The summed E-state index contributed by atoms with van der Waals surface area (Å²) in [4.78, 5) is 23.4. The van der Waals surface area contributed by atoms with Crippen molar-refractivity contribution < 1.29 is 18.7 Å². The fourth-order valence-corrected chi connectivity index (χ4v) is 5.55. The quantitative estimate of drug-likeness (QED) is 0.519. The van der Waals surface area contributed by atoms with E-state index in [1.54, 1.807) is 6.92 Å². The van der Waals surface area contributed by atoms with E-state index in [0.717, 1.165) is 37.0 Å². The van der Waals surface area contributed by atoms with Gasteiger partial charge in [0, 0.05) is 12.1 Å². The monoisotopic (exact) mass is 354 g/mol. The summed E-state index contributed by atoms with van der Waals surface area (Å²) in [7, 11) is 0. The molecule has 1 unspecified atom stereocenters. The predicted molar refractivity (Wildman–Crippen MR) is 92.8 cm³/mol. The Balaban J connectivity index is 1.32. The highest BCUT2D eigenvalue weighted by Crippen LogP contribution is 2.55. The molecule has 4 bridgehead atoms. The summed E-state index contributed by atoms with van der Waals surface area (Å²) >= 11 is 0. The van der Waals surface area contributed by atoms with Gasteiger partial charge in [-0.3, -0.25) is 0 Å². The van der Waals surface area contributed by atoms with Gasteiger partial charge in [0.15, 0.2) is 6.17 Å². The Labute approximate surface area is 149 Å². The van der Waals surface area contributed by atoms with Gasteiger partial charge in [-0.15, -0.1) is 0 Å². The van der Waals surface area contributed by atoms with Crippen LogP contribution in [-0.2, 0) is 9.53 Å². The van der Waals surface area contributed by atoms with Crippen molar-refractivity contribution in [3.63, 3.8) is 0 Å². The summed E-state index contributed by atoms with van der Waals surface area (Å²) < 4.78 is 18.1. The van der Waals surface area contributed by atoms with Crippen molar-refractivity contribution in [2.45, 2.75) is 76.4 Å². The van der Waals surface area contributed by atoms with Crippen LogP contribution in [0.25, 0.3) is 0 Å². The highest BCUT2D eigenvalue weighted by Gasteiger charge is 2.51. The Kier molecular flexibility index (Phi) is 5.85. The molecule has 4 fully saturated rings. The number of urea groups is 1. The van der Waals surface area contributed by atoms with Crippen LogP contribution >= 0.6 is 0 Å². The van der Waals surface area contributed by atoms with E-state index in [-0.39, 0.29) is 24.6 Å². The third kappa shape index (κ3) is 4.64. The van der Waals surface area contributed by atoms with E-state index in [2.05, 4.69) is 15.4 Å². The summed E-state index contributed by atoms with van der Waals surface area (Å²) in [5, 5.41) is 6.16. The fraction of sp³-hybridized carbons (Fsp3) is 0.895. The SMILES string of the molecule is CCOC(=O)C(F)CCCCNC(=O)NC12CC3CC(CC(C3)C1)C2. The summed E-state index contributed by atoms with van der Waals surface area (Å²) in [6, 6.07) is -0.0934. The van der Waals surface area contributed by atoms with Crippen LogP contribution in [0.4, 0.5) is 9.18 Å². The standard InChI is InChI=1S/C19H31FN2O3/c1-2-25-17(23)16(20)5-3-4-6-21-18(24)22-19-10-13-7-14(11-19)9-15(8-13)12-19/h13-16H,2-12H2,1H3,(H2,21,22,24). The molecule has 0 aromatic carbocycles. The Morgan fingerprint density at radius 2 is 1.72 bits per heavy atom. The van der Waals surface area contributed by atoms with E-state index in [4.69, 9.17) is 0 Å². The molecule has 4 rings (SSSR count). The molecule has 5 nitrogen and oxygen atoms in total. The molecule has 0 spiro atoms. The molecule has 2 N–H and O–H groups in total. The van der Waals surface area contributed by atoms with Crippen LogP contribution in [0.15, 0.2) is 0 Å². The summed E-state index contributed by atoms with van der Waals surface area (Å²) in [6.07, 6.45) is 7.28. The van der Waals surface area contributed by atoms with Crippen LogP contribution < -0.4 is 10.6 Å². The molecule has 0 aromatic heterocycles. The molecule has 0 aromatic rings. The molecule has 0 aliphatic heterocycles. The zero-order valence-corrected chi connectivity index (χ0v) is 15.2. The lowest BCUT2D eigenvalue weighted by atomic mass is 9.53. The molecular weight excluding hydrogens is 323 g/mol. The first-order valence-electron chi connectivity index (χ1n) is 9.86. The van der Waals surface area contributed by atoms with Crippen molar-refractivity contribution in [3.8, 4) is 0 Å². The molecule has 0 radical (unpaired) electrons. The average molecular weight is 354 g/mol.